The van der Waals surface area contributed by atoms with E-state index in [0.717, 1.165) is 18.7 Å². The van der Waals surface area contributed by atoms with E-state index in [0.29, 0.717) is 31.9 Å². The van der Waals surface area contributed by atoms with Crippen molar-refractivity contribution in [2.24, 2.45) is 0 Å². The van der Waals surface area contributed by atoms with Gasteiger partial charge in [-0.15, -0.1) is 0 Å². The van der Waals surface area contributed by atoms with Gasteiger partial charge in [-0.2, -0.15) is 0 Å². The smallest absolute Gasteiger partial charge is 0.222 e. The maximum Gasteiger partial charge on any atom is 0.222 e. The number of imidazole rings is 1. The number of hydrogen-bond donors (Lipinski definition) is 1. The van der Waals surface area contributed by atoms with Gasteiger partial charge in [0.05, 0.1) is 19.5 Å². The molecule has 3 heterocycles. The van der Waals surface area contributed by atoms with Crippen LogP contribution in [0.1, 0.15) is 24.6 Å². The first kappa shape index (κ1) is 16.4. The number of rotatable bonds is 6. The zero-order valence-corrected chi connectivity index (χ0v) is 13.8. The van der Waals surface area contributed by atoms with E-state index >= 15 is 0 Å². The number of aryl methyl sites for hydroxylation is 1. The summed E-state index contributed by atoms with van der Waals surface area (Å²) < 4.78 is 7.78. The largest absolute Gasteiger partial charge is 0.372 e. The maximum atomic E-state index is 12.5. The lowest BCUT2D eigenvalue weighted by Gasteiger charge is -2.33. The zero-order chi connectivity index (χ0) is 16.8. The van der Waals surface area contributed by atoms with Gasteiger partial charge in [-0.1, -0.05) is 0 Å². The fourth-order valence-electron chi connectivity index (χ4n) is 2.81. The van der Waals surface area contributed by atoms with Crippen LogP contribution in [0.4, 0.5) is 5.82 Å². The van der Waals surface area contributed by atoms with Crippen LogP contribution in [0.3, 0.4) is 0 Å². The molecular formula is C16H22N6O2. The Bertz CT molecular complexity index is 660. The fraction of sp³-hybridized carbons (Fsp3) is 0.500. The molecule has 8 nitrogen and oxygen atoms in total. The van der Waals surface area contributed by atoms with Gasteiger partial charge in [0.15, 0.2) is 0 Å². The van der Waals surface area contributed by atoms with Gasteiger partial charge >= 0.3 is 0 Å². The third-order valence-electron chi connectivity index (χ3n) is 4.05. The standard InChI is InChI=1S/C16H22N6O2/c1-17-16-15(19-4-5-20-16)13-11-22(9-10-24-13)14(23)3-2-7-21-8-6-18-12-21/h4-6,8,12-13H,2-3,7,9-11H2,1H3,(H,17,20). The van der Waals surface area contributed by atoms with Crippen molar-refractivity contribution in [3.8, 4) is 0 Å². The second-order valence-electron chi connectivity index (χ2n) is 5.64. The van der Waals surface area contributed by atoms with Crippen LogP contribution < -0.4 is 5.32 Å². The van der Waals surface area contributed by atoms with Gasteiger partial charge in [-0.05, 0) is 6.42 Å². The summed E-state index contributed by atoms with van der Waals surface area (Å²) in [5.41, 5.74) is 0.746. The lowest BCUT2D eigenvalue weighted by Crippen LogP contribution is -2.42. The normalized spacial score (nSPS) is 17.7. The van der Waals surface area contributed by atoms with Crippen molar-refractivity contribution in [2.75, 3.05) is 32.1 Å². The molecule has 1 atom stereocenters. The molecule has 1 N–H and O–H groups in total. The van der Waals surface area contributed by atoms with Crippen LogP contribution in [0.25, 0.3) is 0 Å². The van der Waals surface area contributed by atoms with Crippen LogP contribution in [0.2, 0.25) is 0 Å². The van der Waals surface area contributed by atoms with Crippen LogP contribution in [-0.4, -0.2) is 57.1 Å². The molecule has 8 heteroatoms. The third kappa shape index (κ3) is 3.88. The minimum absolute atomic E-state index is 0.151. The molecule has 0 aromatic carbocycles. The van der Waals surface area contributed by atoms with E-state index in [1.807, 2.05) is 15.7 Å². The van der Waals surface area contributed by atoms with Gasteiger partial charge in [0, 0.05) is 51.3 Å². The molecular weight excluding hydrogens is 308 g/mol. The number of amides is 1. The highest BCUT2D eigenvalue weighted by molar-refractivity contribution is 5.76. The van der Waals surface area contributed by atoms with E-state index in [1.165, 1.54) is 0 Å². The molecule has 1 unspecified atom stereocenters. The summed E-state index contributed by atoms with van der Waals surface area (Å²) in [4.78, 5) is 26.9. The number of hydrogen-bond acceptors (Lipinski definition) is 6. The Balaban J connectivity index is 1.55. The Kier molecular flexibility index (Phi) is 5.37. The molecule has 24 heavy (non-hydrogen) atoms. The second-order valence-corrected chi connectivity index (χ2v) is 5.64. The van der Waals surface area contributed by atoms with E-state index in [4.69, 9.17) is 4.74 Å². The molecule has 0 saturated carbocycles. The molecule has 2 aromatic heterocycles. The predicted molar refractivity (Wildman–Crippen MR) is 88.3 cm³/mol. The van der Waals surface area contributed by atoms with Crippen LogP contribution in [0.5, 0.6) is 0 Å². The third-order valence-corrected chi connectivity index (χ3v) is 4.05. The fourth-order valence-corrected chi connectivity index (χ4v) is 2.81. The van der Waals surface area contributed by atoms with Crippen molar-refractivity contribution in [1.29, 1.82) is 0 Å². The van der Waals surface area contributed by atoms with Crippen LogP contribution >= 0.6 is 0 Å². The number of carbonyl (C=O) groups is 1. The van der Waals surface area contributed by atoms with Crippen molar-refractivity contribution < 1.29 is 9.53 Å². The zero-order valence-electron chi connectivity index (χ0n) is 13.8. The number of aromatic nitrogens is 4. The summed E-state index contributed by atoms with van der Waals surface area (Å²) in [6.07, 6.45) is 9.77. The lowest BCUT2D eigenvalue weighted by atomic mass is 10.1. The number of anilines is 1. The Hall–Kier alpha value is -2.48. The highest BCUT2D eigenvalue weighted by atomic mass is 16.5. The maximum absolute atomic E-state index is 12.5. The number of ether oxygens (including phenoxy) is 1. The summed E-state index contributed by atoms with van der Waals surface area (Å²) in [6.45, 7) is 2.44. The summed E-state index contributed by atoms with van der Waals surface area (Å²) in [6, 6.07) is 0. The summed E-state index contributed by atoms with van der Waals surface area (Å²) in [5.74, 6) is 0.843. The first-order chi connectivity index (χ1) is 11.8. The van der Waals surface area contributed by atoms with E-state index < -0.39 is 0 Å². The minimum Gasteiger partial charge on any atom is -0.372 e. The number of carbonyl (C=O) groups excluding carboxylic acids is 1. The predicted octanol–water partition coefficient (Wildman–Crippen LogP) is 1.10. The van der Waals surface area contributed by atoms with Crippen LogP contribution in [0.15, 0.2) is 31.1 Å². The Morgan fingerprint density at radius 2 is 2.25 bits per heavy atom. The van der Waals surface area contributed by atoms with E-state index in [1.54, 1.807) is 32.0 Å². The van der Waals surface area contributed by atoms with Gasteiger partial charge in [0.2, 0.25) is 5.91 Å². The SMILES string of the molecule is CNc1nccnc1C1CN(C(=O)CCCn2ccnc2)CCO1. The molecule has 1 saturated heterocycles. The van der Waals surface area contributed by atoms with E-state index in [9.17, 15) is 4.79 Å². The molecule has 1 fully saturated rings. The molecule has 1 aliphatic heterocycles. The van der Waals surface area contributed by atoms with E-state index in [2.05, 4.69) is 20.3 Å². The molecule has 3 rings (SSSR count). The number of nitrogens with zero attached hydrogens (tertiary/aromatic N) is 5. The summed E-state index contributed by atoms with van der Waals surface area (Å²) in [7, 11) is 1.80. The monoisotopic (exact) mass is 330 g/mol. The Morgan fingerprint density at radius 3 is 3.04 bits per heavy atom. The first-order valence-electron chi connectivity index (χ1n) is 8.11. The Labute approximate surface area is 140 Å². The Morgan fingerprint density at radius 1 is 1.38 bits per heavy atom. The van der Waals surface area contributed by atoms with Gasteiger partial charge in [-0.3, -0.25) is 9.78 Å². The molecule has 0 aliphatic carbocycles. The van der Waals surface area contributed by atoms with Gasteiger partial charge in [-0.25, -0.2) is 9.97 Å². The first-order valence-corrected chi connectivity index (χ1v) is 8.11. The molecule has 2 aromatic rings. The van der Waals surface area contributed by atoms with Crippen molar-refractivity contribution in [1.82, 2.24) is 24.4 Å². The number of nitrogens with one attached hydrogen (secondary N) is 1. The average Bonchev–Trinajstić information content (AvgIpc) is 3.15. The summed E-state index contributed by atoms with van der Waals surface area (Å²) >= 11 is 0. The highest BCUT2D eigenvalue weighted by Gasteiger charge is 2.27. The minimum atomic E-state index is -0.243. The van der Waals surface area contributed by atoms with Crippen molar-refractivity contribution >= 4 is 11.7 Å². The summed E-state index contributed by atoms with van der Waals surface area (Å²) in [5, 5.41) is 3.02. The quantitative estimate of drug-likeness (QED) is 0.853. The van der Waals surface area contributed by atoms with Crippen LogP contribution in [-0.2, 0) is 16.1 Å². The molecule has 128 valence electrons. The molecule has 0 spiro atoms. The molecule has 1 amide bonds. The highest BCUT2D eigenvalue weighted by Crippen LogP contribution is 2.25. The number of morpholine rings is 1. The van der Waals surface area contributed by atoms with E-state index in [-0.39, 0.29) is 12.0 Å². The lowest BCUT2D eigenvalue weighted by molar-refractivity contribution is -0.139. The van der Waals surface area contributed by atoms with Crippen molar-refractivity contribution in [3.63, 3.8) is 0 Å². The topological polar surface area (TPSA) is 85.2 Å². The average molecular weight is 330 g/mol. The van der Waals surface area contributed by atoms with Gasteiger partial charge < -0.3 is 19.5 Å². The van der Waals surface area contributed by atoms with Gasteiger partial charge in [0.1, 0.15) is 17.6 Å². The van der Waals surface area contributed by atoms with Crippen molar-refractivity contribution in [3.05, 3.63) is 36.8 Å². The van der Waals surface area contributed by atoms with Crippen LogP contribution in [0, 0.1) is 0 Å². The van der Waals surface area contributed by atoms with Crippen molar-refractivity contribution in [2.45, 2.75) is 25.5 Å². The molecule has 0 radical (unpaired) electrons. The molecule has 1 aliphatic rings. The van der Waals surface area contributed by atoms with Gasteiger partial charge in [0.25, 0.3) is 0 Å². The molecule has 0 bridgehead atoms. The second kappa shape index (κ2) is 7.87.